The number of benzene rings is 1. The summed E-state index contributed by atoms with van der Waals surface area (Å²) in [6, 6.07) is 8.06. The summed E-state index contributed by atoms with van der Waals surface area (Å²) in [5.41, 5.74) is 2.26. The summed E-state index contributed by atoms with van der Waals surface area (Å²) in [5, 5.41) is 10.3. The van der Waals surface area contributed by atoms with Crippen molar-refractivity contribution >= 4 is 0 Å². The topological polar surface area (TPSA) is 38.7 Å². The molecule has 1 aromatic carbocycles. The van der Waals surface area contributed by atoms with E-state index >= 15 is 0 Å². The van der Waals surface area contributed by atoms with Crippen LogP contribution in [0, 0.1) is 0 Å². The van der Waals surface area contributed by atoms with E-state index in [4.69, 9.17) is 9.47 Å². The summed E-state index contributed by atoms with van der Waals surface area (Å²) >= 11 is 0. The van der Waals surface area contributed by atoms with Crippen molar-refractivity contribution in [2.45, 2.75) is 38.4 Å². The minimum absolute atomic E-state index is 0.0925. The highest BCUT2D eigenvalue weighted by Gasteiger charge is 2.27. The summed E-state index contributed by atoms with van der Waals surface area (Å²) in [4.78, 5) is 0. The first kappa shape index (κ1) is 13.5. The minimum Gasteiger partial charge on any atom is -0.386 e. The number of fused-ring (bicyclic) bond motifs is 1. The maximum Gasteiger partial charge on any atom is 0.105 e. The number of aliphatic hydroxyl groups is 1. The van der Waals surface area contributed by atoms with Crippen LogP contribution >= 0.6 is 0 Å². The zero-order valence-corrected chi connectivity index (χ0v) is 11.0. The van der Waals surface area contributed by atoms with Gasteiger partial charge in [0.05, 0.1) is 19.3 Å². The number of hydrogen-bond donors (Lipinski definition) is 1. The molecular weight excluding hydrogens is 228 g/mol. The Morgan fingerprint density at radius 1 is 1.22 bits per heavy atom. The molecule has 0 bridgehead atoms. The van der Waals surface area contributed by atoms with Crippen LogP contribution in [0.1, 0.15) is 37.0 Å². The number of rotatable bonds is 6. The van der Waals surface area contributed by atoms with Crippen molar-refractivity contribution < 1.29 is 14.6 Å². The highest BCUT2D eigenvalue weighted by Crippen LogP contribution is 2.31. The number of ether oxygens (including phenoxy) is 2. The number of aryl methyl sites for hydroxylation is 1. The molecule has 2 unspecified atom stereocenters. The molecule has 0 aromatic heterocycles. The van der Waals surface area contributed by atoms with Crippen LogP contribution in [0.3, 0.4) is 0 Å². The van der Waals surface area contributed by atoms with Crippen molar-refractivity contribution in [3.63, 3.8) is 0 Å². The van der Waals surface area contributed by atoms with Crippen molar-refractivity contribution in [3.05, 3.63) is 35.4 Å². The van der Waals surface area contributed by atoms with Crippen LogP contribution in [0.25, 0.3) is 0 Å². The van der Waals surface area contributed by atoms with Crippen molar-refractivity contribution in [1.82, 2.24) is 0 Å². The second-order valence-corrected chi connectivity index (χ2v) is 4.70. The Hall–Kier alpha value is -0.900. The highest BCUT2D eigenvalue weighted by molar-refractivity contribution is 5.32. The lowest BCUT2D eigenvalue weighted by Crippen LogP contribution is -2.29. The fraction of sp³-hybridized carbons (Fsp3) is 0.600. The molecule has 3 nitrogen and oxygen atoms in total. The van der Waals surface area contributed by atoms with Crippen LogP contribution in [0.5, 0.6) is 0 Å². The van der Waals surface area contributed by atoms with Gasteiger partial charge in [-0.2, -0.15) is 0 Å². The van der Waals surface area contributed by atoms with E-state index in [2.05, 4.69) is 13.0 Å². The van der Waals surface area contributed by atoms with Crippen molar-refractivity contribution in [3.8, 4) is 0 Å². The Labute approximate surface area is 109 Å². The molecule has 1 N–H and O–H groups in total. The predicted octanol–water partition coefficient (Wildman–Crippen LogP) is 2.48. The summed E-state index contributed by atoms with van der Waals surface area (Å²) in [6.45, 7) is 4.03. The lowest BCUT2D eigenvalue weighted by Gasteiger charge is -2.30. The lowest BCUT2D eigenvalue weighted by molar-refractivity contribution is -0.0651. The minimum atomic E-state index is -0.499. The van der Waals surface area contributed by atoms with Crippen LogP contribution in [-0.4, -0.2) is 31.0 Å². The molecule has 1 aliphatic carbocycles. The molecule has 0 aliphatic heterocycles. The molecule has 2 atom stereocenters. The Bertz CT molecular complexity index is 365. The molecule has 100 valence electrons. The van der Waals surface area contributed by atoms with Gasteiger partial charge in [0.2, 0.25) is 0 Å². The van der Waals surface area contributed by atoms with Gasteiger partial charge in [0, 0.05) is 6.61 Å². The molecule has 2 rings (SSSR count). The molecule has 0 radical (unpaired) electrons. The van der Waals surface area contributed by atoms with Gasteiger partial charge in [-0.15, -0.1) is 0 Å². The molecule has 0 amide bonds. The SMILES string of the molecule is CCCOCCOC1CCc2ccccc2C1O. The Kier molecular flexibility index (Phi) is 5.17. The maximum atomic E-state index is 10.3. The standard InChI is InChI=1S/C15H22O3/c1-2-9-17-10-11-18-14-8-7-12-5-3-4-6-13(12)15(14)16/h3-6,14-16H,2,7-11H2,1H3. The van der Waals surface area contributed by atoms with Gasteiger partial charge < -0.3 is 14.6 Å². The zero-order chi connectivity index (χ0) is 12.8. The van der Waals surface area contributed by atoms with E-state index in [0.29, 0.717) is 13.2 Å². The van der Waals surface area contributed by atoms with Crippen molar-refractivity contribution in [1.29, 1.82) is 0 Å². The summed E-state index contributed by atoms with van der Waals surface area (Å²) < 4.78 is 11.1. The van der Waals surface area contributed by atoms with E-state index in [1.54, 1.807) is 0 Å². The van der Waals surface area contributed by atoms with Gasteiger partial charge in [0.25, 0.3) is 0 Å². The van der Waals surface area contributed by atoms with Gasteiger partial charge >= 0.3 is 0 Å². The molecule has 0 spiro atoms. The Balaban J connectivity index is 1.82. The smallest absolute Gasteiger partial charge is 0.105 e. The maximum absolute atomic E-state index is 10.3. The molecule has 0 fully saturated rings. The predicted molar refractivity (Wildman–Crippen MR) is 70.6 cm³/mol. The van der Waals surface area contributed by atoms with Gasteiger partial charge in [-0.3, -0.25) is 0 Å². The van der Waals surface area contributed by atoms with Crippen LogP contribution in [0.4, 0.5) is 0 Å². The van der Waals surface area contributed by atoms with Crippen LogP contribution in [0.2, 0.25) is 0 Å². The monoisotopic (exact) mass is 250 g/mol. The number of aliphatic hydroxyl groups excluding tert-OH is 1. The van der Waals surface area contributed by atoms with E-state index in [0.717, 1.165) is 31.4 Å². The number of hydrogen-bond acceptors (Lipinski definition) is 3. The normalized spacial score (nSPS) is 22.8. The third-order valence-corrected chi connectivity index (χ3v) is 3.33. The summed E-state index contributed by atoms with van der Waals surface area (Å²) in [7, 11) is 0. The molecule has 18 heavy (non-hydrogen) atoms. The van der Waals surface area contributed by atoms with Crippen LogP contribution in [0.15, 0.2) is 24.3 Å². The van der Waals surface area contributed by atoms with E-state index in [9.17, 15) is 5.11 Å². The molecule has 3 heteroatoms. The Morgan fingerprint density at radius 2 is 2.06 bits per heavy atom. The van der Waals surface area contributed by atoms with Crippen LogP contribution < -0.4 is 0 Å². The van der Waals surface area contributed by atoms with E-state index < -0.39 is 6.10 Å². The van der Waals surface area contributed by atoms with E-state index in [1.165, 1.54) is 5.56 Å². The molecule has 0 heterocycles. The largest absolute Gasteiger partial charge is 0.386 e. The van der Waals surface area contributed by atoms with E-state index in [-0.39, 0.29) is 6.10 Å². The third-order valence-electron chi connectivity index (χ3n) is 3.33. The molecule has 0 saturated heterocycles. The first-order chi connectivity index (χ1) is 8.83. The first-order valence-corrected chi connectivity index (χ1v) is 6.78. The van der Waals surface area contributed by atoms with Crippen LogP contribution in [-0.2, 0) is 15.9 Å². The van der Waals surface area contributed by atoms with Crippen molar-refractivity contribution in [2.24, 2.45) is 0 Å². The average molecular weight is 250 g/mol. The third kappa shape index (κ3) is 3.31. The molecular formula is C15H22O3. The van der Waals surface area contributed by atoms with Gasteiger partial charge in [-0.25, -0.2) is 0 Å². The second kappa shape index (κ2) is 6.88. The average Bonchev–Trinajstić information content (AvgIpc) is 2.41. The highest BCUT2D eigenvalue weighted by atomic mass is 16.5. The summed E-state index contributed by atoms with van der Waals surface area (Å²) in [5.74, 6) is 0. The zero-order valence-electron chi connectivity index (χ0n) is 11.0. The lowest BCUT2D eigenvalue weighted by atomic mass is 9.87. The van der Waals surface area contributed by atoms with Crippen molar-refractivity contribution in [2.75, 3.05) is 19.8 Å². The van der Waals surface area contributed by atoms with Gasteiger partial charge in [0.15, 0.2) is 0 Å². The fourth-order valence-corrected chi connectivity index (χ4v) is 2.39. The Morgan fingerprint density at radius 3 is 2.89 bits per heavy atom. The summed E-state index contributed by atoms with van der Waals surface area (Å²) in [6.07, 6.45) is 2.30. The molecule has 0 saturated carbocycles. The second-order valence-electron chi connectivity index (χ2n) is 4.70. The van der Waals surface area contributed by atoms with Gasteiger partial charge in [-0.1, -0.05) is 31.2 Å². The fourth-order valence-electron chi connectivity index (χ4n) is 2.39. The molecule has 1 aromatic rings. The molecule has 1 aliphatic rings. The first-order valence-electron chi connectivity index (χ1n) is 6.78. The quantitative estimate of drug-likeness (QED) is 0.788. The van der Waals surface area contributed by atoms with Gasteiger partial charge in [-0.05, 0) is 30.4 Å². The van der Waals surface area contributed by atoms with Gasteiger partial charge in [0.1, 0.15) is 6.10 Å². The van der Waals surface area contributed by atoms with E-state index in [1.807, 2.05) is 18.2 Å².